The number of benzene rings is 2. The Balaban J connectivity index is 0.000000350. The number of ether oxygens (including phenoxy) is 2. The molecule has 0 saturated heterocycles. The molecule has 2 aromatic carbocycles. The number of aromatic nitrogens is 1. The van der Waals surface area contributed by atoms with Gasteiger partial charge in [0.2, 0.25) is 0 Å². The fourth-order valence-corrected chi connectivity index (χ4v) is 3.75. The van der Waals surface area contributed by atoms with Gasteiger partial charge in [0.25, 0.3) is 0 Å². The highest BCUT2D eigenvalue weighted by Gasteiger charge is 2.29. The Bertz CT molecular complexity index is 1060. The van der Waals surface area contributed by atoms with E-state index in [9.17, 15) is 13.2 Å². The standard InChI is InChI=1S/C20H26N2O3.C7H5F3.CH4/c1-4-23-15(3)21-19-14(2)22-25-20(19)16-10-12-18(13-11-16)24-17-8-6-5-7-9-17;8-7(9,10)6-4-2-1-3-5-6;/h10-13,17,21H,3-9H2,1-2H3;1-5H;1H4. The molecule has 196 valence electrons. The summed E-state index contributed by atoms with van der Waals surface area (Å²) < 4.78 is 52.3. The average Bonchev–Trinajstić information content (AvgIpc) is 3.21. The Hall–Kier alpha value is -3.42. The van der Waals surface area contributed by atoms with Gasteiger partial charge in [0, 0.05) is 5.56 Å². The number of halogens is 3. The summed E-state index contributed by atoms with van der Waals surface area (Å²) in [6.07, 6.45) is 2.29. The third-order valence-electron chi connectivity index (χ3n) is 5.52. The lowest BCUT2D eigenvalue weighted by Crippen LogP contribution is -2.19. The first-order chi connectivity index (χ1) is 16.8. The van der Waals surface area contributed by atoms with Gasteiger partial charge < -0.3 is 19.3 Å². The van der Waals surface area contributed by atoms with E-state index in [1.807, 2.05) is 38.1 Å². The molecule has 1 N–H and O–H groups in total. The number of nitrogens with one attached hydrogen (secondary N) is 1. The molecule has 1 fully saturated rings. The highest BCUT2D eigenvalue weighted by molar-refractivity contribution is 5.75. The highest BCUT2D eigenvalue weighted by Crippen LogP contribution is 2.33. The molecule has 0 spiro atoms. The molecule has 4 rings (SSSR count). The molecule has 0 unspecified atom stereocenters. The maximum absolute atomic E-state index is 11.8. The van der Waals surface area contributed by atoms with Crippen LogP contribution in [0, 0.1) is 6.92 Å². The van der Waals surface area contributed by atoms with Gasteiger partial charge in [-0.2, -0.15) is 13.2 Å². The van der Waals surface area contributed by atoms with Crippen LogP contribution < -0.4 is 10.1 Å². The molecular formula is C28H35F3N2O3. The van der Waals surface area contributed by atoms with Crippen molar-refractivity contribution in [2.45, 2.75) is 65.7 Å². The van der Waals surface area contributed by atoms with Crippen molar-refractivity contribution in [1.29, 1.82) is 0 Å². The van der Waals surface area contributed by atoms with Gasteiger partial charge in [0.05, 0.1) is 18.3 Å². The van der Waals surface area contributed by atoms with Gasteiger partial charge in [-0.15, -0.1) is 0 Å². The lowest BCUT2D eigenvalue weighted by molar-refractivity contribution is -0.137. The van der Waals surface area contributed by atoms with Crippen LogP contribution in [0.2, 0.25) is 0 Å². The Morgan fingerprint density at radius 3 is 2.25 bits per heavy atom. The second-order valence-corrected chi connectivity index (χ2v) is 8.22. The quantitative estimate of drug-likeness (QED) is 0.326. The van der Waals surface area contributed by atoms with Crippen LogP contribution in [-0.2, 0) is 10.9 Å². The summed E-state index contributed by atoms with van der Waals surface area (Å²) >= 11 is 0. The van der Waals surface area contributed by atoms with E-state index in [1.54, 1.807) is 6.07 Å². The Kier molecular flexibility index (Phi) is 10.9. The number of rotatable bonds is 7. The lowest BCUT2D eigenvalue weighted by atomic mass is 9.98. The maximum Gasteiger partial charge on any atom is 0.416 e. The lowest BCUT2D eigenvalue weighted by Gasteiger charge is -2.23. The van der Waals surface area contributed by atoms with Crippen LogP contribution in [0.4, 0.5) is 18.9 Å². The van der Waals surface area contributed by atoms with E-state index in [2.05, 4.69) is 17.1 Å². The molecule has 3 aromatic rings. The summed E-state index contributed by atoms with van der Waals surface area (Å²) in [6.45, 7) is 8.21. The normalized spacial score (nSPS) is 13.6. The third kappa shape index (κ3) is 8.36. The van der Waals surface area contributed by atoms with E-state index < -0.39 is 11.7 Å². The molecule has 0 bridgehead atoms. The predicted octanol–water partition coefficient (Wildman–Crippen LogP) is 8.62. The van der Waals surface area contributed by atoms with Crippen LogP contribution in [0.15, 0.2) is 71.6 Å². The zero-order chi connectivity index (χ0) is 25.3. The molecule has 1 aromatic heterocycles. The van der Waals surface area contributed by atoms with Crippen molar-refractivity contribution in [2.24, 2.45) is 0 Å². The molecule has 8 heteroatoms. The van der Waals surface area contributed by atoms with Crippen LogP contribution in [0.1, 0.15) is 57.7 Å². The van der Waals surface area contributed by atoms with Crippen LogP contribution in [-0.4, -0.2) is 17.9 Å². The van der Waals surface area contributed by atoms with Gasteiger partial charge in [0.15, 0.2) is 11.6 Å². The number of alkyl halides is 3. The number of anilines is 1. The molecule has 0 amide bonds. The number of nitrogens with zero attached hydrogens (tertiary/aromatic N) is 1. The predicted molar refractivity (Wildman–Crippen MR) is 137 cm³/mol. The molecule has 36 heavy (non-hydrogen) atoms. The number of hydrogen-bond acceptors (Lipinski definition) is 5. The molecule has 1 saturated carbocycles. The van der Waals surface area contributed by atoms with Crippen molar-refractivity contribution in [2.75, 3.05) is 11.9 Å². The number of aryl methyl sites for hydroxylation is 1. The van der Waals surface area contributed by atoms with E-state index in [0.717, 1.165) is 47.7 Å². The summed E-state index contributed by atoms with van der Waals surface area (Å²) in [7, 11) is 0. The molecule has 0 radical (unpaired) electrons. The van der Waals surface area contributed by atoms with Crippen molar-refractivity contribution in [3.05, 3.63) is 78.3 Å². The minimum absolute atomic E-state index is 0. The average molecular weight is 505 g/mol. The Labute approximate surface area is 211 Å². The van der Waals surface area contributed by atoms with Gasteiger partial charge in [-0.25, -0.2) is 0 Å². The SMILES string of the molecule is C.C=C(Nc1c(C)noc1-c1ccc(OC2CCCCC2)cc1)OCC.FC(F)(F)c1ccccc1. The highest BCUT2D eigenvalue weighted by atomic mass is 19.4. The summed E-state index contributed by atoms with van der Waals surface area (Å²) in [5, 5.41) is 7.19. The first kappa shape index (κ1) is 28.8. The van der Waals surface area contributed by atoms with Crippen molar-refractivity contribution in [1.82, 2.24) is 5.16 Å². The third-order valence-corrected chi connectivity index (χ3v) is 5.52. The summed E-state index contributed by atoms with van der Waals surface area (Å²) in [5.41, 5.74) is 1.87. The molecule has 1 aliphatic carbocycles. The minimum Gasteiger partial charge on any atom is -0.490 e. The van der Waals surface area contributed by atoms with E-state index in [-0.39, 0.29) is 7.43 Å². The molecule has 1 heterocycles. The van der Waals surface area contributed by atoms with E-state index in [4.69, 9.17) is 14.0 Å². The Morgan fingerprint density at radius 1 is 1.06 bits per heavy atom. The summed E-state index contributed by atoms with van der Waals surface area (Å²) in [4.78, 5) is 0. The number of hydrogen-bond donors (Lipinski definition) is 1. The molecular weight excluding hydrogens is 469 g/mol. The van der Waals surface area contributed by atoms with Gasteiger partial charge in [0.1, 0.15) is 17.1 Å². The molecule has 0 aliphatic heterocycles. The molecule has 5 nitrogen and oxygen atoms in total. The van der Waals surface area contributed by atoms with E-state index in [1.165, 1.54) is 31.4 Å². The maximum atomic E-state index is 11.8. The van der Waals surface area contributed by atoms with Crippen LogP contribution >= 0.6 is 0 Å². The van der Waals surface area contributed by atoms with Crippen molar-refractivity contribution in [3.8, 4) is 17.1 Å². The largest absolute Gasteiger partial charge is 0.490 e. The van der Waals surface area contributed by atoms with Crippen molar-refractivity contribution >= 4 is 5.69 Å². The van der Waals surface area contributed by atoms with E-state index >= 15 is 0 Å². The minimum atomic E-state index is -4.21. The van der Waals surface area contributed by atoms with Crippen molar-refractivity contribution < 1.29 is 27.2 Å². The van der Waals surface area contributed by atoms with Gasteiger partial charge in [-0.3, -0.25) is 0 Å². The second kappa shape index (κ2) is 13.6. The van der Waals surface area contributed by atoms with Crippen LogP contribution in [0.25, 0.3) is 11.3 Å². The second-order valence-electron chi connectivity index (χ2n) is 8.22. The molecule has 1 aliphatic rings. The Morgan fingerprint density at radius 2 is 1.69 bits per heavy atom. The topological polar surface area (TPSA) is 56.5 Å². The van der Waals surface area contributed by atoms with Gasteiger partial charge in [-0.05, 0) is 70.4 Å². The van der Waals surface area contributed by atoms with Gasteiger partial charge >= 0.3 is 6.18 Å². The van der Waals surface area contributed by atoms with Crippen molar-refractivity contribution in [3.63, 3.8) is 0 Å². The molecule has 0 atom stereocenters. The summed E-state index contributed by atoms with van der Waals surface area (Å²) in [5.74, 6) is 2.05. The summed E-state index contributed by atoms with van der Waals surface area (Å²) in [6, 6.07) is 14.3. The van der Waals surface area contributed by atoms with Crippen LogP contribution in [0.3, 0.4) is 0 Å². The first-order valence-electron chi connectivity index (χ1n) is 11.7. The van der Waals surface area contributed by atoms with Crippen LogP contribution in [0.5, 0.6) is 5.75 Å². The van der Waals surface area contributed by atoms with Gasteiger partial charge in [-0.1, -0.05) is 49.3 Å². The zero-order valence-electron chi connectivity index (χ0n) is 20.0. The van der Waals surface area contributed by atoms with E-state index in [0.29, 0.717) is 24.4 Å². The smallest absolute Gasteiger partial charge is 0.416 e. The fraction of sp³-hybridized carbons (Fsp3) is 0.393. The zero-order valence-corrected chi connectivity index (χ0v) is 20.0. The first-order valence-corrected chi connectivity index (χ1v) is 11.7. The fourth-order valence-electron chi connectivity index (χ4n) is 3.75. The monoisotopic (exact) mass is 504 g/mol.